The predicted octanol–water partition coefficient (Wildman–Crippen LogP) is 1.39. The van der Waals surface area contributed by atoms with E-state index in [9.17, 15) is 13.2 Å². The van der Waals surface area contributed by atoms with Gasteiger partial charge in [-0.25, -0.2) is 8.42 Å². The van der Waals surface area contributed by atoms with Gasteiger partial charge < -0.3 is 4.74 Å². The van der Waals surface area contributed by atoms with Gasteiger partial charge in [-0.1, -0.05) is 0 Å². The van der Waals surface area contributed by atoms with Crippen molar-refractivity contribution in [2.24, 2.45) is 0 Å². The van der Waals surface area contributed by atoms with E-state index in [1.807, 2.05) is 18.7 Å². The Balaban J connectivity index is 2.11. The van der Waals surface area contributed by atoms with E-state index in [4.69, 9.17) is 4.74 Å². The van der Waals surface area contributed by atoms with Crippen molar-refractivity contribution in [1.29, 1.82) is 0 Å². The minimum absolute atomic E-state index is 0.00352. The van der Waals surface area contributed by atoms with Crippen LogP contribution in [-0.4, -0.2) is 56.3 Å². The van der Waals surface area contributed by atoms with Gasteiger partial charge in [0, 0.05) is 18.2 Å². The molecule has 0 radical (unpaired) electrons. The number of ketones is 1. The number of ether oxygens (including phenoxy) is 1. The highest BCUT2D eigenvalue weighted by molar-refractivity contribution is 7.91. The van der Waals surface area contributed by atoms with E-state index in [0.717, 1.165) is 0 Å². The summed E-state index contributed by atoms with van der Waals surface area (Å²) < 4.78 is 28.3. The highest BCUT2D eigenvalue weighted by atomic mass is 32.2. The molecule has 1 aromatic rings. The number of rotatable bonds is 4. The van der Waals surface area contributed by atoms with Gasteiger partial charge in [-0.15, -0.1) is 0 Å². The maximum atomic E-state index is 12.5. The molecule has 2 unspecified atom stereocenters. The van der Waals surface area contributed by atoms with Crippen molar-refractivity contribution < 1.29 is 17.9 Å². The van der Waals surface area contributed by atoms with Crippen LogP contribution in [0, 0.1) is 0 Å². The molecule has 0 aromatic heterocycles. The average Bonchev–Trinajstić information content (AvgIpc) is 2.45. The molecule has 1 aromatic carbocycles. The minimum Gasteiger partial charge on any atom is -0.497 e. The summed E-state index contributed by atoms with van der Waals surface area (Å²) in [6, 6.07) is 6.52. The van der Waals surface area contributed by atoms with Gasteiger partial charge in [0.25, 0.3) is 0 Å². The molecule has 116 valence electrons. The molecule has 1 aliphatic rings. The lowest BCUT2D eigenvalue weighted by atomic mass is 10.0. The van der Waals surface area contributed by atoms with Gasteiger partial charge in [-0.2, -0.15) is 0 Å². The molecule has 1 heterocycles. The van der Waals surface area contributed by atoms with Crippen LogP contribution in [0.2, 0.25) is 0 Å². The summed E-state index contributed by atoms with van der Waals surface area (Å²) in [6.07, 6.45) is 0. The fraction of sp³-hybridized carbons (Fsp3) is 0.533. The van der Waals surface area contributed by atoms with E-state index in [1.54, 1.807) is 31.4 Å². The van der Waals surface area contributed by atoms with Gasteiger partial charge in [-0.05, 0) is 38.1 Å². The number of Topliss-reactive ketones (excluding diaryl/α,β-unsaturated/α-hetero) is 1. The fourth-order valence-electron chi connectivity index (χ4n) is 2.73. The van der Waals surface area contributed by atoms with Crippen molar-refractivity contribution in [3.63, 3.8) is 0 Å². The molecular weight excluding hydrogens is 290 g/mol. The van der Waals surface area contributed by atoms with Crippen LogP contribution in [0.15, 0.2) is 24.3 Å². The van der Waals surface area contributed by atoms with E-state index in [-0.39, 0.29) is 29.4 Å². The molecule has 1 fully saturated rings. The van der Waals surface area contributed by atoms with Crippen LogP contribution in [0.1, 0.15) is 24.2 Å². The molecule has 0 N–H and O–H groups in total. The highest BCUT2D eigenvalue weighted by Crippen LogP contribution is 2.19. The second kappa shape index (κ2) is 6.15. The van der Waals surface area contributed by atoms with E-state index in [1.165, 1.54) is 0 Å². The summed E-state index contributed by atoms with van der Waals surface area (Å²) >= 11 is 0. The Morgan fingerprint density at radius 1 is 1.33 bits per heavy atom. The van der Waals surface area contributed by atoms with E-state index in [0.29, 0.717) is 17.9 Å². The molecule has 0 amide bonds. The molecule has 1 saturated heterocycles. The van der Waals surface area contributed by atoms with Gasteiger partial charge >= 0.3 is 0 Å². The molecule has 6 heteroatoms. The minimum atomic E-state index is -2.97. The maximum absolute atomic E-state index is 12.5. The molecule has 5 nitrogen and oxygen atoms in total. The number of hydrogen-bond acceptors (Lipinski definition) is 5. The van der Waals surface area contributed by atoms with Crippen LogP contribution >= 0.6 is 0 Å². The number of benzene rings is 1. The zero-order valence-electron chi connectivity index (χ0n) is 12.6. The third kappa shape index (κ3) is 3.63. The van der Waals surface area contributed by atoms with Gasteiger partial charge in [0.15, 0.2) is 15.6 Å². The average molecular weight is 311 g/mol. The summed E-state index contributed by atoms with van der Waals surface area (Å²) in [4.78, 5) is 14.5. The normalized spacial score (nSPS) is 23.5. The molecule has 1 aliphatic heterocycles. The number of hydrogen-bond donors (Lipinski definition) is 0. The highest BCUT2D eigenvalue weighted by Gasteiger charge is 2.33. The van der Waals surface area contributed by atoms with Crippen molar-refractivity contribution in [3.8, 4) is 5.75 Å². The van der Waals surface area contributed by atoms with Crippen LogP contribution in [0.4, 0.5) is 0 Å². The summed E-state index contributed by atoms with van der Waals surface area (Å²) in [5, 5.41) is 0. The molecule has 0 bridgehead atoms. The predicted molar refractivity (Wildman–Crippen MR) is 81.6 cm³/mol. The van der Waals surface area contributed by atoms with Gasteiger partial charge in [0.1, 0.15) is 5.75 Å². The van der Waals surface area contributed by atoms with Gasteiger partial charge in [-0.3, -0.25) is 9.69 Å². The van der Waals surface area contributed by atoms with E-state index in [2.05, 4.69) is 0 Å². The number of carbonyl (C=O) groups is 1. The van der Waals surface area contributed by atoms with Crippen molar-refractivity contribution in [2.45, 2.75) is 25.9 Å². The Hall–Kier alpha value is -1.40. The number of methoxy groups -OCH3 is 1. The molecule has 2 rings (SSSR count). The first-order chi connectivity index (χ1) is 9.84. The molecular formula is C15H21NO4S. The molecule has 21 heavy (non-hydrogen) atoms. The Morgan fingerprint density at radius 3 is 2.48 bits per heavy atom. The molecule has 0 saturated carbocycles. The van der Waals surface area contributed by atoms with Crippen molar-refractivity contribution in [1.82, 2.24) is 4.90 Å². The second-order valence-corrected chi connectivity index (χ2v) is 7.70. The van der Waals surface area contributed by atoms with Crippen molar-refractivity contribution in [3.05, 3.63) is 29.8 Å². The monoisotopic (exact) mass is 311 g/mol. The number of carbonyl (C=O) groups excluding carboxylic acids is 1. The fourth-order valence-corrected chi connectivity index (χ4v) is 4.32. The van der Waals surface area contributed by atoms with Crippen molar-refractivity contribution in [2.75, 3.05) is 25.2 Å². The van der Waals surface area contributed by atoms with Crippen LogP contribution in [-0.2, 0) is 9.84 Å². The zero-order chi connectivity index (χ0) is 15.6. The topological polar surface area (TPSA) is 63.7 Å². The molecule has 2 atom stereocenters. The largest absolute Gasteiger partial charge is 0.497 e. The number of sulfone groups is 1. The Labute approximate surface area is 125 Å². The third-order valence-corrected chi connectivity index (χ3v) is 5.77. The quantitative estimate of drug-likeness (QED) is 0.786. The lowest BCUT2D eigenvalue weighted by molar-refractivity contribution is 0.0794. The first-order valence-electron chi connectivity index (χ1n) is 6.98. The van der Waals surface area contributed by atoms with Crippen LogP contribution in [0.25, 0.3) is 0 Å². The third-order valence-electron chi connectivity index (χ3n) is 3.97. The summed E-state index contributed by atoms with van der Waals surface area (Å²) in [6.45, 7) is 4.10. The van der Waals surface area contributed by atoms with Crippen LogP contribution in [0.5, 0.6) is 5.75 Å². The summed E-state index contributed by atoms with van der Waals surface area (Å²) in [7, 11) is -1.39. The first kappa shape index (κ1) is 16.0. The Morgan fingerprint density at radius 2 is 1.95 bits per heavy atom. The summed E-state index contributed by atoms with van der Waals surface area (Å²) in [5.41, 5.74) is 0.615. The van der Waals surface area contributed by atoms with Crippen LogP contribution < -0.4 is 4.74 Å². The van der Waals surface area contributed by atoms with E-state index < -0.39 is 9.84 Å². The van der Waals surface area contributed by atoms with Gasteiger partial charge in [0.2, 0.25) is 0 Å². The zero-order valence-corrected chi connectivity index (χ0v) is 13.4. The maximum Gasteiger partial charge on any atom is 0.179 e. The lowest BCUT2D eigenvalue weighted by Gasteiger charge is -2.36. The van der Waals surface area contributed by atoms with Gasteiger partial charge in [0.05, 0.1) is 24.7 Å². The Kier molecular flexibility index (Phi) is 4.68. The van der Waals surface area contributed by atoms with Crippen LogP contribution in [0.3, 0.4) is 0 Å². The Bertz CT molecular complexity index is 609. The van der Waals surface area contributed by atoms with Crippen molar-refractivity contribution >= 4 is 15.6 Å². The second-order valence-electron chi connectivity index (χ2n) is 5.47. The first-order valence-corrected chi connectivity index (χ1v) is 8.80. The smallest absolute Gasteiger partial charge is 0.179 e. The molecule has 0 spiro atoms. The lowest BCUT2D eigenvalue weighted by Crippen LogP contribution is -2.53. The SMILES string of the molecule is COc1ccc(C(=O)C(C)N2CCS(=O)(=O)CC2C)cc1. The summed E-state index contributed by atoms with van der Waals surface area (Å²) in [5.74, 6) is 0.950. The standard InChI is InChI=1S/C15H21NO4S/c1-11-10-21(18,19)9-8-16(11)12(2)15(17)13-4-6-14(20-3)7-5-13/h4-7,11-12H,8-10H2,1-3H3. The number of nitrogens with zero attached hydrogens (tertiary/aromatic N) is 1. The molecule has 0 aliphatic carbocycles. The van der Waals surface area contributed by atoms with E-state index >= 15 is 0 Å².